The smallest absolute Gasteiger partial charge is 0.291 e. The minimum Gasteiger partial charge on any atom is -0.455 e. The highest BCUT2D eigenvalue weighted by molar-refractivity contribution is 5.89. The molecule has 4 aliphatic rings. The lowest BCUT2D eigenvalue weighted by atomic mass is 9.75. The van der Waals surface area contributed by atoms with Crippen molar-refractivity contribution < 1.29 is 4.74 Å². The molecule has 4 aliphatic heterocycles. The van der Waals surface area contributed by atoms with Crippen LogP contribution in [0.25, 0.3) is 0 Å². The molecule has 5 heterocycles. The Labute approximate surface area is 125 Å². The van der Waals surface area contributed by atoms with E-state index >= 15 is 0 Å². The molecule has 0 aliphatic carbocycles. The van der Waals surface area contributed by atoms with Crippen molar-refractivity contribution in [3.63, 3.8) is 0 Å². The molecule has 0 radical (unpaired) electrons. The maximum absolute atomic E-state index is 6.26. The van der Waals surface area contributed by atoms with E-state index in [0.717, 1.165) is 18.9 Å². The average molecular weight is 286 g/mol. The molecule has 2 bridgehead atoms. The van der Waals surface area contributed by atoms with Crippen LogP contribution < -0.4 is 5.32 Å². The van der Waals surface area contributed by atoms with Gasteiger partial charge in [0.05, 0.1) is 6.54 Å². The molecule has 112 valence electrons. The third-order valence-corrected chi connectivity index (χ3v) is 5.22. The van der Waals surface area contributed by atoms with E-state index in [1.807, 2.05) is 12.3 Å². The van der Waals surface area contributed by atoms with Crippen molar-refractivity contribution in [2.75, 3.05) is 31.5 Å². The third kappa shape index (κ3) is 2.20. The number of pyridine rings is 1. The number of hydrogen-bond donors (Lipinski definition) is 1. The molecule has 21 heavy (non-hydrogen) atoms. The number of ether oxygens (including phenoxy) is 1. The number of anilines is 1. The predicted octanol–water partition coefficient (Wildman–Crippen LogP) is 1.96. The van der Waals surface area contributed by atoms with Gasteiger partial charge < -0.3 is 4.74 Å². The fourth-order valence-electron chi connectivity index (χ4n) is 3.75. The molecule has 1 aromatic heterocycles. The van der Waals surface area contributed by atoms with Gasteiger partial charge in [-0.25, -0.2) is 9.98 Å². The van der Waals surface area contributed by atoms with E-state index in [-0.39, 0.29) is 5.60 Å². The normalized spacial score (nSPS) is 33.9. The number of aryl methyl sites for hydroxylation is 2. The minimum atomic E-state index is -0.0847. The summed E-state index contributed by atoms with van der Waals surface area (Å²) in [5, 5.41) is 3.24. The minimum absolute atomic E-state index is 0.0847. The van der Waals surface area contributed by atoms with Crippen molar-refractivity contribution in [3.05, 3.63) is 23.4 Å². The first kappa shape index (κ1) is 13.1. The van der Waals surface area contributed by atoms with Crippen molar-refractivity contribution in [1.29, 1.82) is 0 Å². The van der Waals surface area contributed by atoms with Crippen molar-refractivity contribution in [1.82, 2.24) is 9.88 Å². The summed E-state index contributed by atoms with van der Waals surface area (Å²) in [6.07, 6.45) is 4.37. The van der Waals surface area contributed by atoms with Crippen molar-refractivity contribution in [2.24, 2.45) is 10.9 Å². The SMILES string of the molecule is Cc1cnc(NC2=NC[C@@]3(CN4CCC3CC4)O2)cc1C. The molecule has 5 nitrogen and oxygen atoms in total. The standard InChI is InChI=1S/C16H22N4O/c1-11-7-14(17-8-12(11)2)19-15-18-9-16(21-15)10-20-5-3-13(16)4-6-20/h7-8,13H,3-6,9-10H2,1-2H3,(H,17,18,19)/t16-/m0/s1. The zero-order valence-corrected chi connectivity index (χ0v) is 12.7. The van der Waals surface area contributed by atoms with E-state index < -0.39 is 0 Å². The molecule has 5 rings (SSSR count). The molecule has 1 N–H and O–H groups in total. The van der Waals surface area contributed by atoms with Crippen molar-refractivity contribution in [2.45, 2.75) is 32.3 Å². The number of nitrogens with one attached hydrogen (secondary N) is 1. The lowest BCUT2D eigenvalue weighted by Gasteiger charge is -2.50. The van der Waals surface area contributed by atoms with Crippen LogP contribution in [0, 0.1) is 19.8 Å². The van der Waals surface area contributed by atoms with Gasteiger partial charge >= 0.3 is 0 Å². The van der Waals surface area contributed by atoms with Gasteiger partial charge in [0.15, 0.2) is 0 Å². The van der Waals surface area contributed by atoms with Gasteiger partial charge in [-0.1, -0.05) is 0 Å². The summed E-state index contributed by atoms with van der Waals surface area (Å²) < 4.78 is 6.26. The lowest BCUT2D eigenvalue weighted by Crippen LogP contribution is -2.61. The van der Waals surface area contributed by atoms with Gasteiger partial charge in [0.25, 0.3) is 6.02 Å². The number of fused-ring (bicyclic) bond motifs is 2. The van der Waals surface area contributed by atoms with Gasteiger partial charge in [0.2, 0.25) is 0 Å². The Kier molecular flexibility index (Phi) is 2.92. The van der Waals surface area contributed by atoms with Crippen LogP contribution in [-0.4, -0.2) is 47.7 Å². The van der Waals surface area contributed by atoms with E-state index in [1.165, 1.54) is 37.1 Å². The van der Waals surface area contributed by atoms with Crippen LogP contribution in [0.3, 0.4) is 0 Å². The zero-order valence-electron chi connectivity index (χ0n) is 12.7. The van der Waals surface area contributed by atoms with Crippen molar-refractivity contribution in [3.8, 4) is 0 Å². The second kappa shape index (κ2) is 4.70. The molecule has 0 amide bonds. The van der Waals surface area contributed by atoms with Crippen LogP contribution in [0.4, 0.5) is 5.82 Å². The van der Waals surface area contributed by atoms with Gasteiger partial charge in [-0.3, -0.25) is 10.2 Å². The number of aromatic nitrogens is 1. The predicted molar refractivity (Wildman–Crippen MR) is 82.6 cm³/mol. The number of rotatable bonds is 1. The molecule has 0 unspecified atom stereocenters. The van der Waals surface area contributed by atoms with Gasteiger partial charge in [0, 0.05) is 18.7 Å². The van der Waals surface area contributed by atoms with Gasteiger partial charge in [-0.15, -0.1) is 0 Å². The van der Waals surface area contributed by atoms with Gasteiger partial charge in [-0.05, 0) is 57.0 Å². The highest BCUT2D eigenvalue weighted by atomic mass is 16.5. The Morgan fingerprint density at radius 2 is 2.10 bits per heavy atom. The Morgan fingerprint density at radius 3 is 2.76 bits per heavy atom. The van der Waals surface area contributed by atoms with Crippen LogP contribution >= 0.6 is 0 Å². The molecule has 0 aromatic carbocycles. The Balaban J connectivity index is 1.47. The first-order valence-electron chi connectivity index (χ1n) is 7.81. The maximum Gasteiger partial charge on any atom is 0.291 e. The van der Waals surface area contributed by atoms with E-state index in [4.69, 9.17) is 4.74 Å². The van der Waals surface area contributed by atoms with Crippen LogP contribution in [0.15, 0.2) is 17.3 Å². The first-order valence-corrected chi connectivity index (χ1v) is 7.81. The van der Waals surface area contributed by atoms with E-state index in [0.29, 0.717) is 11.9 Å². The molecule has 3 saturated heterocycles. The van der Waals surface area contributed by atoms with E-state index in [1.54, 1.807) is 0 Å². The summed E-state index contributed by atoms with van der Waals surface area (Å²) in [6, 6.07) is 2.68. The van der Waals surface area contributed by atoms with Crippen molar-refractivity contribution >= 4 is 11.8 Å². The number of nitrogens with zero attached hydrogens (tertiary/aromatic N) is 3. The Bertz CT molecular complexity index is 592. The van der Waals surface area contributed by atoms with Crippen LogP contribution in [0.1, 0.15) is 24.0 Å². The topological polar surface area (TPSA) is 49.8 Å². The molecular formula is C16H22N4O. The summed E-state index contributed by atoms with van der Waals surface area (Å²) in [6.45, 7) is 8.40. The molecule has 5 heteroatoms. The van der Waals surface area contributed by atoms with Gasteiger partial charge in [0.1, 0.15) is 11.4 Å². The fourth-order valence-corrected chi connectivity index (χ4v) is 3.75. The average Bonchev–Trinajstić information content (AvgIpc) is 2.87. The highest BCUT2D eigenvalue weighted by Gasteiger charge is 2.51. The molecule has 1 spiro atoms. The third-order valence-electron chi connectivity index (χ3n) is 5.22. The number of piperidine rings is 3. The second-order valence-corrected chi connectivity index (χ2v) is 6.62. The molecule has 0 saturated carbocycles. The summed E-state index contributed by atoms with van der Waals surface area (Å²) in [5.74, 6) is 1.47. The summed E-state index contributed by atoms with van der Waals surface area (Å²) in [5.41, 5.74) is 2.34. The number of hydrogen-bond acceptors (Lipinski definition) is 5. The summed E-state index contributed by atoms with van der Waals surface area (Å²) in [7, 11) is 0. The van der Waals surface area contributed by atoms with E-state index in [2.05, 4.69) is 34.0 Å². The molecule has 1 aromatic rings. The second-order valence-electron chi connectivity index (χ2n) is 6.62. The summed E-state index contributed by atoms with van der Waals surface area (Å²) >= 11 is 0. The van der Waals surface area contributed by atoms with Crippen LogP contribution in [-0.2, 0) is 4.74 Å². The number of aliphatic imine (C=N–C) groups is 1. The zero-order chi connectivity index (χ0) is 14.4. The first-order chi connectivity index (χ1) is 10.1. The molecule has 3 fully saturated rings. The van der Waals surface area contributed by atoms with Gasteiger partial charge in [-0.2, -0.15) is 0 Å². The van der Waals surface area contributed by atoms with Crippen LogP contribution in [0.5, 0.6) is 0 Å². The Morgan fingerprint density at radius 1 is 1.29 bits per heavy atom. The Hall–Kier alpha value is -1.62. The molecule has 1 atom stereocenters. The fraction of sp³-hybridized carbons (Fsp3) is 0.625. The summed E-state index contributed by atoms with van der Waals surface area (Å²) in [4.78, 5) is 11.5. The van der Waals surface area contributed by atoms with E-state index in [9.17, 15) is 0 Å². The quantitative estimate of drug-likeness (QED) is 0.857. The van der Waals surface area contributed by atoms with Crippen LogP contribution in [0.2, 0.25) is 0 Å². The lowest BCUT2D eigenvalue weighted by molar-refractivity contribution is -0.0829. The monoisotopic (exact) mass is 286 g/mol. The maximum atomic E-state index is 6.26. The number of amidine groups is 1. The highest BCUT2D eigenvalue weighted by Crippen LogP contribution is 2.40. The largest absolute Gasteiger partial charge is 0.455 e. The molecular weight excluding hydrogens is 264 g/mol.